The van der Waals surface area contributed by atoms with Crippen molar-refractivity contribution in [3.63, 3.8) is 0 Å². The summed E-state index contributed by atoms with van der Waals surface area (Å²) in [7, 11) is 0. The molecule has 1 aliphatic rings. The topological polar surface area (TPSA) is 59.6 Å². The highest BCUT2D eigenvalue weighted by Gasteiger charge is 2.16. The van der Waals surface area contributed by atoms with Crippen molar-refractivity contribution in [3.8, 4) is 11.5 Å². The molecule has 2 aromatic rings. The van der Waals surface area contributed by atoms with Crippen molar-refractivity contribution in [2.75, 3.05) is 18.5 Å². The second kappa shape index (κ2) is 11.4. The van der Waals surface area contributed by atoms with Crippen LogP contribution in [-0.2, 0) is 11.3 Å². The Labute approximate surface area is 187 Å². The number of carbonyl (C=O) groups is 1. The quantitative estimate of drug-likeness (QED) is 0.496. The molecule has 30 heavy (non-hydrogen) atoms. The Morgan fingerprint density at radius 3 is 2.53 bits per heavy atom. The number of halogens is 1. The molecule has 0 atom stereocenters. The summed E-state index contributed by atoms with van der Waals surface area (Å²) < 4.78 is 12.4. The first-order chi connectivity index (χ1) is 14.5. The van der Waals surface area contributed by atoms with Gasteiger partial charge in [0, 0.05) is 18.3 Å². The van der Waals surface area contributed by atoms with Gasteiger partial charge in [-0.15, -0.1) is 0 Å². The van der Waals surface area contributed by atoms with Gasteiger partial charge in [-0.05, 0) is 72.4 Å². The van der Waals surface area contributed by atoms with Crippen LogP contribution in [-0.4, -0.2) is 25.2 Å². The van der Waals surface area contributed by atoms with Gasteiger partial charge in [0.1, 0.15) is 0 Å². The maximum absolute atomic E-state index is 12.3. The van der Waals surface area contributed by atoms with Gasteiger partial charge in [-0.1, -0.05) is 37.0 Å². The first-order valence-corrected chi connectivity index (χ1v) is 11.5. The molecule has 1 saturated carbocycles. The third-order valence-corrected chi connectivity index (χ3v) is 5.84. The van der Waals surface area contributed by atoms with Crippen molar-refractivity contribution < 1.29 is 14.3 Å². The van der Waals surface area contributed by atoms with E-state index < -0.39 is 0 Å². The number of carbonyl (C=O) groups excluding carboxylic acids is 1. The average Bonchev–Trinajstić information content (AvgIpc) is 2.74. The molecule has 6 heteroatoms. The van der Waals surface area contributed by atoms with E-state index >= 15 is 0 Å². The van der Waals surface area contributed by atoms with Gasteiger partial charge in [0.25, 0.3) is 5.91 Å². The van der Waals surface area contributed by atoms with Crippen LogP contribution in [0.5, 0.6) is 11.5 Å². The minimum atomic E-state index is -0.212. The number of hydrogen-bond acceptors (Lipinski definition) is 4. The standard InChI is InChI=1S/C24H31BrN2O3/c1-3-29-22-14-18(15-26-19-7-5-4-6-8-19)13-21(25)24(22)30-16-23(28)27-20-11-9-17(2)10-12-20/h9-14,19,26H,3-8,15-16H2,1-2H3,(H,27,28). The Balaban J connectivity index is 1.61. The van der Waals surface area contributed by atoms with E-state index in [0.717, 1.165) is 27.8 Å². The zero-order valence-electron chi connectivity index (χ0n) is 17.8. The Morgan fingerprint density at radius 1 is 1.10 bits per heavy atom. The Hall–Kier alpha value is -2.05. The number of nitrogens with one attached hydrogen (secondary N) is 2. The first kappa shape index (κ1) is 22.6. The fourth-order valence-corrected chi connectivity index (χ4v) is 4.27. The van der Waals surface area contributed by atoms with Crippen LogP contribution < -0.4 is 20.1 Å². The summed E-state index contributed by atoms with van der Waals surface area (Å²) in [6.45, 7) is 5.17. The Bertz CT molecular complexity index is 833. The molecule has 1 aliphatic carbocycles. The predicted molar refractivity (Wildman–Crippen MR) is 124 cm³/mol. The fraction of sp³-hybridized carbons (Fsp3) is 0.458. The van der Waals surface area contributed by atoms with Crippen LogP contribution in [0.4, 0.5) is 5.69 Å². The molecule has 0 aromatic heterocycles. The van der Waals surface area contributed by atoms with Gasteiger partial charge in [-0.25, -0.2) is 0 Å². The third-order valence-electron chi connectivity index (χ3n) is 5.25. The largest absolute Gasteiger partial charge is 0.490 e. The molecule has 0 radical (unpaired) electrons. The van der Waals surface area contributed by atoms with Gasteiger partial charge in [0.2, 0.25) is 0 Å². The SMILES string of the molecule is CCOc1cc(CNC2CCCCC2)cc(Br)c1OCC(=O)Nc1ccc(C)cc1. The molecular weight excluding hydrogens is 444 g/mol. The molecular formula is C24H31BrN2O3. The van der Waals surface area contributed by atoms with E-state index in [-0.39, 0.29) is 12.5 Å². The van der Waals surface area contributed by atoms with Crippen LogP contribution in [0.3, 0.4) is 0 Å². The van der Waals surface area contributed by atoms with Gasteiger partial charge in [0.05, 0.1) is 11.1 Å². The van der Waals surface area contributed by atoms with Crippen LogP contribution in [0.2, 0.25) is 0 Å². The molecule has 0 saturated heterocycles. The summed E-state index contributed by atoms with van der Waals surface area (Å²) in [4.78, 5) is 12.3. The summed E-state index contributed by atoms with van der Waals surface area (Å²) >= 11 is 3.59. The Kier molecular flexibility index (Phi) is 8.58. The van der Waals surface area contributed by atoms with Gasteiger partial charge in [-0.3, -0.25) is 4.79 Å². The van der Waals surface area contributed by atoms with Crippen LogP contribution in [0.25, 0.3) is 0 Å². The summed E-state index contributed by atoms with van der Waals surface area (Å²) in [5.41, 5.74) is 3.03. The van der Waals surface area contributed by atoms with Crippen molar-refractivity contribution in [1.82, 2.24) is 5.32 Å². The van der Waals surface area contributed by atoms with Crippen LogP contribution in [0.15, 0.2) is 40.9 Å². The van der Waals surface area contributed by atoms with Crippen LogP contribution in [0, 0.1) is 6.92 Å². The number of anilines is 1. The normalized spacial score (nSPS) is 14.4. The zero-order valence-corrected chi connectivity index (χ0v) is 19.4. The van der Waals surface area contributed by atoms with E-state index in [9.17, 15) is 4.79 Å². The summed E-state index contributed by atoms with van der Waals surface area (Å²) in [5.74, 6) is 0.990. The molecule has 0 bridgehead atoms. The molecule has 0 heterocycles. The van der Waals surface area contributed by atoms with Crippen molar-refractivity contribution in [2.45, 2.75) is 58.5 Å². The smallest absolute Gasteiger partial charge is 0.262 e. The van der Waals surface area contributed by atoms with E-state index in [1.165, 1.54) is 32.1 Å². The lowest BCUT2D eigenvalue weighted by molar-refractivity contribution is -0.118. The van der Waals surface area contributed by atoms with E-state index in [1.807, 2.05) is 50.2 Å². The number of ether oxygens (including phenoxy) is 2. The maximum atomic E-state index is 12.3. The summed E-state index contributed by atoms with van der Waals surface area (Å²) in [6.07, 6.45) is 6.46. The molecule has 1 fully saturated rings. The van der Waals surface area contributed by atoms with Crippen molar-refractivity contribution in [3.05, 3.63) is 52.0 Å². The zero-order chi connectivity index (χ0) is 21.3. The monoisotopic (exact) mass is 474 g/mol. The van der Waals surface area contributed by atoms with Gasteiger partial charge in [-0.2, -0.15) is 0 Å². The molecule has 0 spiro atoms. The predicted octanol–water partition coefficient (Wildman–Crippen LogP) is 5.60. The highest BCUT2D eigenvalue weighted by molar-refractivity contribution is 9.10. The molecule has 2 aromatic carbocycles. The third kappa shape index (κ3) is 6.74. The summed E-state index contributed by atoms with van der Waals surface area (Å²) in [5, 5.41) is 6.50. The van der Waals surface area contributed by atoms with Crippen LogP contribution >= 0.6 is 15.9 Å². The van der Waals surface area contributed by atoms with E-state index in [2.05, 4.69) is 26.6 Å². The lowest BCUT2D eigenvalue weighted by Gasteiger charge is -2.23. The molecule has 5 nitrogen and oxygen atoms in total. The second-order valence-electron chi connectivity index (χ2n) is 7.76. The van der Waals surface area contributed by atoms with E-state index in [1.54, 1.807) is 0 Å². The molecule has 162 valence electrons. The fourth-order valence-electron chi connectivity index (χ4n) is 3.67. The lowest BCUT2D eigenvalue weighted by atomic mass is 9.95. The first-order valence-electron chi connectivity index (χ1n) is 10.7. The lowest BCUT2D eigenvalue weighted by Crippen LogP contribution is -2.30. The summed E-state index contributed by atoms with van der Waals surface area (Å²) in [6, 6.07) is 12.3. The molecule has 0 aliphatic heterocycles. The Morgan fingerprint density at radius 2 is 1.83 bits per heavy atom. The minimum Gasteiger partial charge on any atom is -0.490 e. The number of aryl methyl sites for hydroxylation is 1. The van der Waals surface area contributed by atoms with Crippen LogP contribution in [0.1, 0.15) is 50.2 Å². The molecule has 0 unspecified atom stereocenters. The van der Waals surface area contributed by atoms with Gasteiger partial charge >= 0.3 is 0 Å². The number of benzene rings is 2. The highest BCUT2D eigenvalue weighted by atomic mass is 79.9. The van der Waals surface area contributed by atoms with Gasteiger partial charge in [0.15, 0.2) is 18.1 Å². The maximum Gasteiger partial charge on any atom is 0.262 e. The van der Waals surface area contributed by atoms with Crippen molar-refractivity contribution in [2.24, 2.45) is 0 Å². The molecule has 2 N–H and O–H groups in total. The second-order valence-corrected chi connectivity index (χ2v) is 8.61. The number of hydrogen-bond donors (Lipinski definition) is 2. The van der Waals surface area contributed by atoms with Crippen molar-refractivity contribution in [1.29, 1.82) is 0 Å². The average molecular weight is 475 g/mol. The van der Waals surface area contributed by atoms with Crippen molar-refractivity contribution >= 4 is 27.5 Å². The number of rotatable bonds is 9. The molecule has 1 amide bonds. The number of amides is 1. The highest BCUT2D eigenvalue weighted by Crippen LogP contribution is 2.37. The van der Waals surface area contributed by atoms with Gasteiger partial charge < -0.3 is 20.1 Å². The van der Waals surface area contributed by atoms with E-state index in [4.69, 9.17) is 9.47 Å². The van der Waals surface area contributed by atoms with E-state index in [0.29, 0.717) is 24.1 Å². The minimum absolute atomic E-state index is 0.0911. The molecule has 3 rings (SSSR count).